The predicted molar refractivity (Wildman–Crippen MR) is 76.5 cm³/mol. The second kappa shape index (κ2) is 5.51. The Morgan fingerprint density at radius 2 is 1.90 bits per heavy atom. The number of nitrogens with zero attached hydrogens (tertiary/aromatic N) is 4. The number of rotatable bonds is 3. The maximum absolute atomic E-state index is 12.3. The highest BCUT2D eigenvalue weighted by molar-refractivity contribution is 6.03. The molecular formula is C14H18N4O3. The van der Waals surface area contributed by atoms with Gasteiger partial charge in [-0.15, -0.1) is 0 Å². The summed E-state index contributed by atoms with van der Waals surface area (Å²) in [5.41, 5.74) is 0.0163. The second-order valence-corrected chi connectivity index (χ2v) is 5.61. The number of aromatic nitrogens is 3. The van der Waals surface area contributed by atoms with Crippen LogP contribution in [-0.4, -0.2) is 35.2 Å². The molecule has 0 unspecified atom stereocenters. The van der Waals surface area contributed by atoms with Crippen LogP contribution in [0.5, 0.6) is 5.75 Å². The van der Waals surface area contributed by atoms with Crippen molar-refractivity contribution in [1.29, 1.82) is 0 Å². The van der Waals surface area contributed by atoms with Crippen LogP contribution >= 0.6 is 0 Å². The molecule has 0 aliphatic carbocycles. The smallest absolute Gasteiger partial charge is 0.282 e. The number of ether oxygens (including phenoxy) is 1. The molecule has 0 spiro atoms. The standard InChI is InChI=1S/C14H18N4O3/c1-14(2,3)11-6-10(17-21-11)12(19)18(4)13-15-7-9(20-5)8-16-13/h6-8H,1-5H3. The van der Waals surface area contributed by atoms with E-state index in [9.17, 15) is 4.79 Å². The first-order valence-corrected chi connectivity index (χ1v) is 6.44. The van der Waals surface area contributed by atoms with Crippen molar-refractivity contribution >= 4 is 11.9 Å². The van der Waals surface area contributed by atoms with Crippen molar-refractivity contribution < 1.29 is 14.1 Å². The molecule has 2 rings (SSSR count). The van der Waals surface area contributed by atoms with E-state index in [2.05, 4.69) is 15.1 Å². The summed E-state index contributed by atoms with van der Waals surface area (Å²) in [6.07, 6.45) is 2.99. The van der Waals surface area contributed by atoms with Crippen LogP contribution in [0.1, 0.15) is 37.0 Å². The molecule has 0 radical (unpaired) electrons. The number of carbonyl (C=O) groups excluding carboxylic acids is 1. The fourth-order valence-electron chi connectivity index (χ4n) is 1.58. The van der Waals surface area contributed by atoms with E-state index in [0.717, 1.165) is 0 Å². The van der Waals surface area contributed by atoms with Gasteiger partial charge in [0.2, 0.25) is 5.95 Å². The highest BCUT2D eigenvalue weighted by Gasteiger charge is 2.24. The van der Waals surface area contributed by atoms with Crippen LogP contribution in [0.4, 0.5) is 5.95 Å². The van der Waals surface area contributed by atoms with Gasteiger partial charge in [0.05, 0.1) is 19.5 Å². The van der Waals surface area contributed by atoms with E-state index in [4.69, 9.17) is 9.26 Å². The lowest BCUT2D eigenvalue weighted by Crippen LogP contribution is -2.28. The first-order valence-electron chi connectivity index (χ1n) is 6.44. The van der Waals surface area contributed by atoms with Gasteiger partial charge in [-0.1, -0.05) is 25.9 Å². The van der Waals surface area contributed by atoms with Crippen molar-refractivity contribution in [2.45, 2.75) is 26.2 Å². The normalized spacial score (nSPS) is 11.3. The van der Waals surface area contributed by atoms with Crippen LogP contribution in [0.2, 0.25) is 0 Å². The maximum atomic E-state index is 12.3. The molecule has 0 aliphatic heterocycles. The summed E-state index contributed by atoms with van der Waals surface area (Å²) in [7, 11) is 3.10. The molecule has 0 aliphatic rings. The third kappa shape index (κ3) is 3.18. The summed E-state index contributed by atoms with van der Waals surface area (Å²) in [5.74, 6) is 1.10. The van der Waals surface area contributed by atoms with Gasteiger partial charge in [0.15, 0.2) is 11.4 Å². The van der Waals surface area contributed by atoms with Crippen molar-refractivity contribution in [3.05, 3.63) is 29.9 Å². The quantitative estimate of drug-likeness (QED) is 0.860. The Kier molecular flexibility index (Phi) is 3.93. The van der Waals surface area contributed by atoms with Crippen molar-refractivity contribution in [2.24, 2.45) is 0 Å². The van der Waals surface area contributed by atoms with Gasteiger partial charge in [0.1, 0.15) is 5.76 Å². The Balaban J connectivity index is 2.20. The summed E-state index contributed by atoms with van der Waals surface area (Å²) >= 11 is 0. The minimum absolute atomic E-state index is 0.208. The van der Waals surface area contributed by atoms with Crippen LogP contribution in [-0.2, 0) is 5.41 Å². The van der Waals surface area contributed by atoms with Gasteiger partial charge >= 0.3 is 0 Å². The number of hydrogen-bond donors (Lipinski definition) is 0. The predicted octanol–water partition coefficient (Wildman–Crippen LogP) is 2.05. The minimum Gasteiger partial charge on any atom is -0.494 e. The Labute approximate surface area is 122 Å². The van der Waals surface area contributed by atoms with Crippen molar-refractivity contribution in [2.75, 3.05) is 19.1 Å². The Bertz CT molecular complexity index is 628. The number of carbonyl (C=O) groups is 1. The molecule has 0 aromatic carbocycles. The first-order chi connectivity index (χ1) is 9.82. The first kappa shape index (κ1) is 15.0. The van der Waals surface area contributed by atoms with Crippen molar-refractivity contribution in [3.63, 3.8) is 0 Å². The lowest BCUT2D eigenvalue weighted by molar-refractivity contribution is 0.0982. The third-order valence-corrected chi connectivity index (χ3v) is 2.92. The highest BCUT2D eigenvalue weighted by atomic mass is 16.5. The molecule has 0 bridgehead atoms. The monoisotopic (exact) mass is 290 g/mol. The van der Waals surface area contributed by atoms with Crippen LogP contribution < -0.4 is 9.64 Å². The van der Waals surface area contributed by atoms with Crippen LogP contribution in [0.25, 0.3) is 0 Å². The highest BCUT2D eigenvalue weighted by Crippen LogP contribution is 2.23. The van der Waals surface area contributed by atoms with E-state index < -0.39 is 0 Å². The molecule has 112 valence electrons. The zero-order chi connectivity index (χ0) is 15.6. The second-order valence-electron chi connectivity index (χ2n) is 5.61. The molecule has 0 atom stereocenters. The summed E-state index contributed by atoms with van der Waals surface area (Å²) < 4.78 is 10.2. The molecule has 2 aromatic heterocycles. The maximum Gasteiger partial charge on any atom is 0.282 e. The number of amides is 1. The van der Waals surface area contributed by atoms with Crippen molar-refractivity contribution in [1.82, 2.24) is 15.1 Å². The average Bonchev–Trinajstić information content (AvgIpc) is 2.95. The van der Waals surface area contributed by atoms with Gasteiger partial charge in [-0.2, -0.15) is 0 Å². The minimum atomic E-state index is -0.334. The molecule has 7 nitrogen and oxygen atoms in total. The van der Waals surface area contributed by atoms with Gasteiger partial charge in [-0.25, -0.2) is 9.97 Å². The summed E-state index contributed by atoms with van der Waals surface area (Å²) in [6.45, 7) is 5.95. The number of anilines is 1. The van der Waals surface area contributed by atoms with Crippen LogP contribution in [0.3, 0.4) is 0 Å². The number of methoxy groups -OCH3 is 1. The average molecular weight is 290 g/mol. The molecule has 0 fully saturated rings. The topological polar surface area (TPSA) is 81.4 Å². The largest absolute Gasteiger partial charge is 0.494 e. The van der Waals surface area contributed by atoms with Gasteiger partial charge in [0, 0.05) is 18.5 Å². The third-order valence-electron chi connectivity index (χ3n) is 2.92. The molecule has 21 heavy (non-hydrogen) atoms. The molecule has 2 aromatic rings. The molecule has 7 heteroatoms. The summed E-state index contributed by atoms with van der Waals surface area (Å²) in [4.78, 5) is 21.8. The summed E-state index contributed by atoms with van der Waals surface area (Å²) in [5, 5.41) is 3.82. The van der Waals surface area contributed by atoms with Gasteiger partial charge < -0.3 is 9.26 Å². The van der Waals surface area contributed by atoms with Crippen LogP contribution in [0, 0.1) is 0 Å². The zero-order valence-electron chi connectivity index (χ0n) is 12.7. The Hall–Kier alpha value is -2.44. The molecule has 0 saturated heterocycles. The lowest BCUT2D eigenvalue weighted by Gasteiger charge is -2.13. The van der Waals surface area contributed by atoms with E-state index >= 15 is 0 Å². The fraction of sp³-hybridized carbons (Fsp3) is 0.429. The molecular weight excluding hydrogens is 272 g/mol. The molecule has 2 heterocycles. The Morgan fingerprint density at radius 3 is 2.38 bits per heavy atom. The van der Waals surface area contributed by atoms with E-state index in [-0.39, 0.29) is 23.0 Å². The summed E-state index contributed by atoms with van der Waals surface area (Å²) in [6, 6.07) is 1.64. The molecule has 1 amide bonds. The number of hydrogen-bond acceptors (Lipinski definition) is 6. The van der Waals surface area contributed by atoms with Gasteiger partial charge in [-0.3, -0.25) is 9.69 Å². The van der Waals surface area contributed by atoms with Crippen LogP contribution in [0.15, 0.2) is 23.0 Å². The molecule has 0 N–H and O–H groups in total. The van der Waals surface area contributed by atoms with Gasteiger partial charge in [0.25, 0.3) is 5.91 Å². The zero-order valence-corrected chi connectivity index (χ0v) is 12.7. The lowest BCUT2D eigenvalue weighted by atomic mass is 9.93. The van der Waals surface area contributed by atoms with E-state index in [1.165, 1.54) is 24.4 Å². The van der Waals surface area contributed by atoms with E-state index in [1.54, 1.807) is 13.1 Å². The van der Waals surface area contributed by atoms with E-state index in [0.29, 0.717) is 11.5 Å². The van der Waals surface area contributed by atoms with Gasteiger partial charge in [-0.05, 0) is 0 Å². The fourth-order valence-corrected chi connectivity index (χ4v) is 1.58. The SMILES string of the molecule is COc1cnc(N(C)C(=O)c2cc(C(C)(C)C)on2)nc1. The Morgan fingerprint density at radius 1 is 1.29 bits per heavy atom. The van der Waals surface area contributed by atoms with Crippen molar-refractivity contribution in [3.8, 4) is 5.75 Å². The van der Waals surface area contributed by atoms with E-state index in [1.807, 2.05) is 20.8 Å². The molecule has 0 saturated carbocycles.